The van der Waals surface area contributed by atoms with Crippen LogP contribution in [0.5, 0.6) is 0 Å². The Morgan fingerprint density at radius 1 is 0.872 bits per heavy atom. The van der Waals surface area contributed by atoms with Crippen LogP contribution < -0.4 is 4.90 Å². The Kier molecular flexibility index (Phi) is 6.24. The van der Waals surface area contributed by atoms with Crippen LogP contribution in [0.25, 0.3) is 27.8 Å². The van der Waals surface area contributed by atoms with Gasteiger partial charge in [-0.2, -0.15) is 0 Å². The Hall–Kier alpha value is -5.05. The highest BCUT2D eigenvalue weighted by Gasteiger charge is 2.26. The van der Waals surface area contributed by atoms with Crippen LogP contribution in [-0.4, -0.2) is 56.4 Å². The van der Waals surface area contributed by atoms with Crippen molar-refractivity contribution in [2.45, 2.75) is 6.92 Å². The van der Waals surface area contributed by atoms with E-state index in [2.05, 4.69) is 59.0 Å². The number of aryl methyl sites for hydroxylation is 1. The molecule has 1 saturated heterocycles. The van der Waals surface area contributed by atoms with E-state index in [1.54, 1.807) is 11.2 Å². The van der Waals surface area contributed by atoms with E-state index in [0.29, 0.717) is 31.7 Å². The molecule has 9 heteroatoms. The normalized spacial score (nSPS) is 13.6. The lowest BCUT2D eigenvalue weighted by Gasteiger charge is -2.35. The van der Waals surface area contributed by atoms with E-state index in [0.717, 1.165) is 33.7 Å². The monoisotopic (exact) mass is 518 g/mol. The number of nitrogens with zero attached hydrogens (tertiary/aromatic N) is 6. The Morgan fingerprint density at radius 3 is 2.23 bits per heavy atom. The fraction of sp³-hybridized carbons (Fsp3) is 0.167. The summed E-state index contributed by atoms with van der Waals surface area (Å²) in [6, 6.07) is 24.4. The van der Waals surface area contributed by atoms with Gasteiger partial charge in [0, 0.05) is 61.3 Å². The third kappa shape index (κ3) is 4.59. The van der Waals surface area contributed by atoms with Crippen LogP contribution in [0.4, 0.5) is 11.5 Å². The van der Waals surface area contributed by atoms with Gasteiger partial charge in [-0.15, -0.1) is 0 Å². The van der Waals surface area contributed by atoms with Gasteiger partial charge in [0.25, 0.3) is 11.6 Å². The number of piperazine rings is 1. The Balaban J connectivity index is 1.33. The molecule has 0 saturated carbocycles. The van der Waals surface area contributed by atoms with Crippen molar-refractivity contribution in [1.82, 2.24) is 19.4 Å². The number of nitro groups is 1. The molecule has 0 aliphatic carbocycles. The zero-order chi connectivity index (χ0) is 26.9. The zero-order valence-corrected chi connectivity index (χ0v) is 21.4. The predicted octanol–water partition coefficient (Wildman–Crippen LogP) is 5.27. The van der Waals surface area contributed by atoms with Crippen molar-refractivity contribution in [2.24, 2.45) is 0 Å². The first-order valence-electron chi connectivity index (χ1n) is 12.8. The highest BCUT2D eigenvalue weighted by atomic mass is 16.6. The topological polar surface area (TPSA) is 97.4 Å². The van der Waals surface area contributed by atoms with Gasteiger partial charge in [-0.3, -0.25) is 14.9 Å². The first-order chi connectivity index (χ1) is 19.0. The van der Waals surface area contributed by atoms with E-state index in [9.17, 15) is 14.9 Å². The van der Waals surface area contributed by atoms with Gasteiger partial charge >= 0.3 is 0 Å². The molecular formula is C30H26N6O3. The average Bonchev–Trinajstić information content (AvgIpc) is 3.38. The molecule has 0 spiro atoms. The van der Waals surface area contributed by atoms with Crippen molar-refractivity contribution in [3.8, 4) is 16.8 Å². The molecule has 6 rings (SSSR count). The second-order valence-corrected chi connectivity index (χ2v) is 9.59. The second-order valence-electron chi connectivity index (χ2n) is 9.59. The molecule has 0 unspecified atom stereocenters. The van der Waals surface area contributed by atoms with E-state index >= 15 is 0 Å². The summed E-state index contributed by atoms with van der Waals surface area (Å²) >= 11 is 0. The lowest BCUT2D eigenvalue weighted by Crippen LogP contribution is -2.49. The fourth-order valence-corrected chi connectivity index (χ4v) is 5.05. The second kappa shape index (κ2) is 10.0. The van der Waals surface area contributed by atoms with Gasteiger partial charge in [0.1, 0.15) is 12.1 Å². The van der Waals surface area contributed by atoms with Crippen LogP contribution >= 0.6 is 0 Å². The van der Waals surface area contributed by atoms with Gasteiger partial charge in [-0.05, 0) is 36.8 Å². The van der Waals surface area contributed by atoms with Gasteiger partial charge in [-0.1, -0.05) is 48.0 Å². The van der Waals surface area contributed by atoms with E-state index < -0.39 is 4.92 Å². The molecular weight excluding hydrogens is 492 g/mol. The Labute approximate surface area is 225 Å². The molecule has 0 radical (unpaired) electrons. The quantitative estimate of drug-likeness (QED) is 0.232. The standard InChI is InChI=1S/C30H26N6O3/c1-21-7-11-24(12-8-21)35-19-26(22-5-3-2-4-6-22)27-28(31-20-32-29(27)35)33-15-17-34(18-16-33)30(37)23-9-13-25(14-10-23)36(38)39/h2-14,19-20H,15-18H2,1H3. The van der Waals surface area contributed by atoms with E-state index in [1.165, 1.54) is 29.8 Å². The van der Waals surface area contributed by atoms with Crippen LogP contribution in [0.2, 0.25) is 0 Å². The number of hydrogen-bond donors (Lipinski definition) is 0. The fourth-order valence-electron chi connectivity index (χ4n) is 5.05. The minimum Gasteiger partial charge on any atom is -0.352 e. The highest BCUT2D eigenvalue weighted by Crippen LogP contribution is 2.37. The molecule has 9 nitrogen and oxygen atoms in total. The van der Waals surface area contributed by atoms with Crippen LogP contribution in [-0.2, 0) is 0 Å². The summed E-state index contributed by atoms with van der Waals surface area (Å²) in [5.41, 5.74) is 5.58. The van der Waals surface area contributed by atoms with Crippen molar-refractivity contribution < 1.29 is 9.72 Å². The van der Waals surface area contributed by atoms with Crippen LogP contribution in [0, 0.1) is 17.0 Å². The zero-order valence-electron chi connectivity index (χ0n) is 21.4. The summed E-state index contributed by atoms with van der Waals surface area (Å²) in [6.45, 7) is 4.31. The van der Waals surface area contributed by atoms with E-state index in [1.807, 2.05) is 18.2 Å². The van der Waals surface area contributed by atoms with Crippen LogP contribution in [0.3, 0.4) is 0 Å². The van der Waals surface area contributed by atoms with Gasteiger partial charge in [0.2, 0.25) is 0 Å². The maximum atomic E-state index is 13.1. The summed E-state index contributed by atoms with van der Waals surface area (Å²) in [6.07, 6.45) is 3.72. The van der Waals surface area contributed by atoms with Gasteiger partial charge in [0.05, 0.1) is 10.3 Å². The molecule has 194 valence electrons. The number of carbonyl (C=O) groups excluding carboxylic acids is 1. The number of hydrogen-bond acceptors (Lipinski definition) is 6. The Bertz CT molecular complexity index is 1660. The number of fused-ring (bicyclic) bond motifs is 1. The molecule has 1 amide bonds. The van der Waals surface area contributed by atoms with Crippen LogP contribution in [0.15, 0.2) is 91.4 Å². The highest BCUT2D eigenvalue weighted by molar-refractivity contribution is 6.02. The first kappa shape index (κ1) is 24.3. The molecule has 2 aromatic heterocycles. The third-order valence-electron chi connectivity index (χ3n) is 7.15. The molecule has 0 atom stereocenters. The minimum absolute atomic E-state index is 0.0315. The molecule has 3 aromatic carbocycles. The molecule has 0 N–H and O–H groups in total. The van der Waals surface area contributed by atoms with E-state index in [-0.39, 0.29) is 11.6 Å². The van der Waals surface area contributed by atoms with Crippen molar-refractivity contribution >= 4 is 28.4 Å². The predicted molar refractivity (Wildman–Crippen MR) is 150 cm³/mol. The van der Waals surface area contributed by atoms with E-state index in [4.69, 9.17) is 9.97 Å². The molecule has 1 aliphatic rings. The maximum Gasteiger partial charge on any atom is 0.269 e. The Morgan fingerprint density at radius 2 is 1.56 bits per heavy atom. The largest absolute Gasteiger partial charge is 0.352 e. The third-order valence-corrected chi connectivity index (χ3v) is 7.15. The summed E-state index contributed by atoms with van der Waals surface area (Å²) in [5.74, 6) is 0.708. The number of nitro benzene ring substituents is 1. The number of amides is 1. The van der Waals surface area contributed by atoms with Crippen molar-refractivity contribution in [1.29, 1.82) is 0 Å². The summed E-state index contributed by atoms with van der Waals surface area (Å²) in [5, 5.41) is 11.9. The lowest BCUT2D eigenvalue weighted by molar-refractivity contribution is -0.384. The van der Waals surface area contributed by atoms with Crippen molar-refractivity contribution in [2.75, 3.05) is 31.1 Å². The molecule has 5 aromatic rings. The number of non-ortho nitro benzene ring substituents is 1. The van der Waals surface area contributed by atoms with Crippen molar-refractivity contribution in [3.63, 3.8) is 0 Å². The number of anilines is 1. The summed E-state index contributed by atoms with van der Waals surface area (Å²) in [4.78, 5) is 37.0. The molecule has 3 heterocycles. The smallest absolute Gasteiger partial charge is 0.269 e. The summed E-state index contributed by atoms with van der Waals surface area (Å²) < 4.78 is 2.11. The van der Waals surface area contributed by atoms with Crippen LogP contribution in [0.1, 0.15) is 15.9 Å². The van der Waals surface area contributed by atoms with Gasteiger partial charge in [0.15, 0.2) is 5.65 Å². The maximum absolute atomic E-state index is 13.1. The van der Waals surface area contributed by atoms with Gasteiger partial charge < -0.3 is 14.4 Å². The summed E-state index contributed by atoms with van der Waals surface area (Å²) in [7, 11) is 0. The van der Waals surface area contributed by atoms with Gasteiger partial charge in [-0.25, -0.2) is 9.97 Å². The minimum atomic E-state index is -0.467. The SMILES string of the molecule is Cc1ccc(-n2cc(-c3ccccc3)c3c(N4CCN(C(=O)c5ccc([N+](=O)[O-])cc5)CC4)ncnc32)cc1. The molecule has 1 aliphatic heterocycles. The van der Waals surface area contributed by atoms with Crippen molar-refractivity contribution in [3.05, 3.63) is 113 Å². The molecule has 0 bridgehead atoms. The lowest BCUT2D eigenvalue weighted by atomic mass is 10.1. The molecule has 1 fully saturated rings. The molecule has 39 heavy (non-hydrogen) atoms. The number of aromatic nitrogens is 3. The number of rotatable bonds is 5. The number of benzene rings is 3. The number of carbonyl (C=O) groups is 1. The average molecular weight is 519 g/mol. The first-order valence-corrected chi connectivity index (χ1v) is 12.8.